The van der Waals surface area contributed by atoms with Gasteiger partial charge in [0.2, 0.25) is 0 Å². The van der Waals surface area contributed by atoms with Crippen LogP contribution in [0, 0.1) is 12.7 Å². The molecule has 1 N–H and O–H groups in total. The van der Waals surface area contributed by atoms with Gasteiger partial charge in [0.05, 0.1) is 6.61 Å². The van der Waals surface area contributed by atoms with Gasteiger partial charge in [-0.25, -0.2) is 4.39 Å². The number of amides is 1. The van der Waals surface area contributed by atoms with E-state index in [2.05, 4.69) is 5.32 Å². The number of carbonyl (C=O) groups is 1. The second-order valence-electron chi connectivity index (χ2n) is 5.42. The van der Waals surface area contributed by atoms with Crippen LogP contribution in [-0.4, -0.2) is 24.8 Å². The summed E-state index contributed by atoms with van der Waals surface area (Å²) in [4.78, 5) is 12.2. The van der Waals surface area contributed by atoms with Crippen molar-refractivity contribution in [2.45, 2.75) is 19.6 Å². The van der Waals surface area contributed by atoms with Crippen LogP contribution in [-0.2, 0) is 5.75 Å². The van der Waals surface area contributed by atoms with Gasteiger partial charge >= 0.3 is 0 Å². The predicted octanol–water partition coefficient (Wildman–Crippen LogP) is 4.85. The Kier molecular flexibility index (Phi) is 7.59. The molecule has 134 valence electrons. The van der Waals surface area contributed by atoms with Crippen molar-refractivity contribution in [1.82, 2.24) is 5.32 Å². The number of halogens is 2. The van der Waals surface area contributed by atoms with Gasteiger partial charge in [-0.05, 0) is 49.7 Å². The Labute approximate surface area is 156 Å². The van der Waals surface area contributed by atoms with Crippen molar-refractivity contribution in [1.29, 1.82) is 0 Å². The topological polar surface area (TPSA) is 38.3 Å². The zero-order chi connectivity index (χ0) is 18.2. The molecule has 2 aromatic rings. The van der Waals surface area contributed by atoms with Gasteiger partial charge in [0, 0.05) is 34.2 Å². The summed E-state index contributed by atoms with van der Waals surface area (Å²) in [6.07, 6.45) is 0. The summed E-state index contributed by atoms with van der Waals surface area (Å²) >= 11 is 7.51. The summed E-state index contributed by atoms with van der Waals surface area (Å²) in [7, 11) is 0. The lowest BCUT2D eigenvalue weighted by atomic mass is 10.1. The summed E-state index contributed by atoms with van der Waals surface area (Å²) in [5, 5.41) is 3.30. The molecule has 3 nitrogen and oxygen atoms in total. The van der Waals surface area contributed by atoms with Gasteiger partial charge in [0.15, 0.2) is 0 Å². The van der Waals surface area contributed by atoms with E-state index in [0.717, 1.165) is 11.3 Å². The molecule has 0 aliphatic heterocycles. The lowest BCUT2D eigenvalue weighted by Gasteiger charge is -2.10. The van der Waals surface area contributed by atoms with Crippen molar-refractivity contribution in [3.63, 3.8) is 0 Å². The number of carbonyl (C=O) groups excluding carboxylic acids is 1. The Morgan fingerprint density at radius 3 is 2.80 bits per heavy atom. The molecule has 0 bridgehead atoms. The number of benzene rings is 2. The molecule has 0 fully saturated rings. The van der Waals surface area contributed by atoms with Gasteiger partial charge < -0.3 is 10.1 Å². The number of thioether (sulfide) groups is 1. The van der Waals surface area contributed by atoms with Gasteiger partial charge in [-0.3, -0.25) is 4.79 Å². The number of nitrogens with one attached hydrogen (secondary N) is 1. The lowest BCUT2D eigenvalue weighted by molar-refractivity contribution is 0.0956. The third-order valence-corrected chi connectivity index (χ3v) is 4.92. The molecule has 0 atom stereocenters. The van der Waals surface area contributed by atoms with E-state index in [1.807, 2.05) is 26.0 Å². The van der Waals surface area contributed by atoms with Crippen molar-refractivity contribution >= 4 is 29.3 Å². The first-order valence-electron chi connectivity index (χ1n) is 8.05. The second-order valence-corrected chi connectivity index (χ2v) is 6.93. The van der Waals surface area contributed by atoms with E-state index >= 15 is 0 Å². The van der Waals surface area contributed by atoms with E-state index in [1.54, 1.807) is 18.2 Å². The number of hydrogen-bond acceptors (Lipinski definition) is 3. The van der Waals surface area contributed by atoms with Crippen LogP contribution >= 0.6 is 23.4 Å². The van der Waals surface area contributed by atoms with Crippen molar-refractivity contribution in [3.05, 3.63) is 63.9 Å². The highest BCUT2D eigenvalue weighted by Gasteiger charge is 2.09. The first-order valence-corrected chi connectivity index (χ1v) is 9.58. The molecule has 0 saturated carbocycles. The maximum atomic E-state index is 13.7. The lowest BCUT2D eigenvalue weighted by Crippen LogP contribution is -2.25. The summed E-state index contributed by atoms with van der Waals surface area (Å²) < 4.78 is 19.1. The molecular weight excluding hydrogens is 361 g/mol. The zero-order valence-electron chi connectivity index (χ0n) is 14.3. The zero-order valence-corrected chi connectivity index (χ0v) is 15.8. The maximum Gasteiger partial charge on any atom is 0.251 e. The molecule has 0 aliphatic carbocycles. The molecule has 2 aromatic carbocycles. The van der Waals surface area contributed by atoms with Crippen molar-refractivity contribution in [2.75, 3.05) is 18.9 Å². The smallest absolute Gasteiger partial charge is 0.251 e. The van der Waals surface area contributed by atoms with Crippen molar-refractivity contribution in [3.8, 4) is 5.75 Å². The van der Waals surface area contributed by atoms with E-state index in [0.29, 0.717) is 40.8 Å². The molecule has 0 aliphatic rings. The van der Waals surface area contributed by atoms with Gasteiger partial charge in [-0.1, -0.05) is 17.7 Å². The van der Waals surface area contributed by atoms with Gasteiger partial charge in [0.1, 0.15) is 11.6 Å². The third-order valence-electron chi connectivity index (χ3n) is 3.58. The number of aryl methyl sites for hydroxylation is 1. The summed E-state index contributed by atoms with van der Waals surface area (Å²) in [6, 6.07) is 10.0. The summed E-state index contributed by atoms with van der Waals surface area (Å²) in [6.45, 7) is 4.93. The number of ether oxygens (including phenoxy) is 1. The van der Waals surface area contributed by atoms with Crippen LogP contribution in [0.4, 0.5) is 4.39 Å². The molecule has 0 saturated heterocycles. The van der Waals surface area contributed by atoms with E-state index in [1.165, 1.54) is 17.8 Å². The average Bonchev–Trinajstić information content (AvgIpc) is 2.58. The fraction of sp³-hybridized carbons (Fsp3) is 0.316. The van der Waals surface area contributed by atoms with Crippen LogP contribution in [0.3, 0.4) is 0 Å². The molecule has 25 heavy (non-hydrogen) atoms. The molecule has 1 amide bonds. The van der Waals surface area contributed by atoms with Gasteiger partial charge in [-0.15, -0.1) is 0 Å². The Morgan fingerprint density at radius 2 is 2.12 bits per heavy atom. The van der Waals surface area contributed by atoms with Gasteiger partial charge in [0.25, 0.3) is 5.91 Å². The molecule has 6 heteroatoms. The monoisotopic (exact) mass is 381 g/mol. The second kappa shape index (κ2) is 9.68. The first-order chi connectivity index (χ1) is 12.0. The molecule has 0 aromatic heterocycles. The fourth-order valence-corrected chi connectivity index (χ4v) is 3.49. The fourth-order valence-electron chi connectivity index (χ4n) is 2.29. The average molecular weight is 382 g/mol. The van der Waals surface area contributed by atoms with Crippen LogP contribution in [0.25, 0.3) is 0 Å². The van der Waals surface area contributed by atoms with E-state index in [-0.39, 0.29) is 11.7 Å². The van der Waals surface area contributed by atoms with Crippen molar-refractivity contribution < 1.29 is 13.9 Å². The van der Waals surface area contributed by atoms with Crippen LogP contribution in [0.15, 0.2) is 36.4 Å². The Morgan fingerprint density at radius 1 is 1.32 bits per heavy atom. The van der Waals surface area contributed by atoms with E-state index in [4.69, 9.17) is 16.3 Å². The van der Waals surface area contributed by atoms with Crippen LogP contribution in [0.2, 0.25) is 5.02 Å². The van der Waals surface area contributed by atoms with Gasteiger partial charge in [-0.2, -0.15) is 11.8 Å². The quantitative estimate of drug-likeness (QED) is 0.664. The SMILES string of the molecule is CCOc1ccc(C(=O)NCCSCc2c(F)cccc2Cl)cc1C. The third kappa shape index (κ3) is 5.65. The largest absolute Gasteiger partial charge is 0.494 e. The standard InChI is InChI=1S/C19H21ClFNO2S/c1-3-24-18-8-7-14(11-13(18)2)19(23)22-9-10-25-12-15-16(20)5-4-6-17(15)21/h4-8,11H,3,9-10,12H2,1-2H3,(H,22,23). The number of hydrogen-bond donors (Lipinski definition) is 1. The minimum Gasteiger partial charge on any atom is -0.494 e. The minimum absolute atomic E-state index is 0.129. The highest BCUT2D eigenvalue weighted by atomic mass is 35.5. The van der Waals surface area contributed by atoms with E-state index < -0.39 is 0 Å². The first kappa shape index (κ1) is 19.6. The minimum atomic E-state index is -0.297. The number of rotatable bonds is 8. The van der Waals surface area contributed by atoms with Crippen molar-refractivity contribution in [2.24, 2.45) is 0 Å². The molecule has 0 spiro atoms. The highest BCUT2D eigenvalue weighted by molar-refractivity contribution is 7.98. The summed E-state index contributed by atoms with van der Waals surface area (Å²) in [5.74, 6) is 1.51. The Bertz CT molecular complexity index is 719. The van der Waals surface area contributed by atoms with Crippen LogP contribution in [0.1, 0.15) is 28.4 Å². The Hall–Kier alpha value is -1.72. The molecule has 2 rings (SSSR count). The molecular formula is C19H21ClFNO2S. The normalized spacial score (nSPS) is 10.6. The summed E-state index contributed by atoms with van der Waals surface area (Å²) in [5.41, 5.74) is 2.03. The molecule has 0 radical (unpaired) electrons. The Balaban J connectivity index is 1.78. The maximum absolute atomic E-state index is 13.7. The molecule has 0 unspecified atom stereocenters. The van der Waals surface area contributed by atoms with Crippen LogP contribution in [0.5, 0.6) is 5.75 Å². The van der Waals surface area contributed by atoms with E-state index in [9.17, 15) is 9.18 Å². The predicted molar refractivity (Wildman–Crippen MR) is 102 cm³/mol. The molecule has 0 heterocycles. The highest BCUT2D eigenvalue weighted by Crippen LogP contribution is 2.23. The van der Waals surface area contributed by atoms with Crippen LogP contribution < -0.4 is 10.1 Å².